The molecule has 1 heterocycles. The summed E-state index contributed by atoms with van der Waals surface area (Å²) >= 11 is 0. The molecule has 0 aromatic heterocycles. The molecule has 3 rings (SSSR count). The lowest BCUT2D eigenvalue weighted by molar-refractivity contribution is -0.123. The van der Waals surface area contributed by atoms with Gasteiger partial charge in [-0.15, -0.1) is 0 Å². The Kier molecular flexibility index (Phi) is 3.11. The summed E-state index contributed by atoms with van der Waals surface area (Å²) in [4.78, 5) is 23.0. The Labute approximate surface area is 111 Å². The summed E-state index contributed by atoms with van der Waals surface area (Å²) in [6, 6.07) is 7.81. The van der Waals surface area contributed by atoms with Crippen LogP contribution in [0.15, 0.2) is 24.3 Å². The van der Waals surface area contributed by atoms with E-state index < -0.39 is 6.04 Å². The number of carbonyl (C=O) groups is 2. The highest BCUT2D eigenvalue weighted by Gasteiger charge is 2.29. The highest BCUT2D eigenvalue weighted by Crippen LogP contribution is 2.21. The molecule has 1 aliphatic heterocycles. The van der Waals surface area contributed by atoms with Gasteiger partial charge < -0.3 is 16.0 Å². The average molecular weight is 259 g/mol. The Hall–Kier alpha value is -2.04. The van der Waals surface area contributed by atoms with Crippen LogP contribution in [0.5, 0.6) is 0 Å². The maximum atomic E-state index is 12.0. The van der Waals surface area contributed by atoms with E-state index in [0.717, 1.165) is 19.3 Å². The van der Waals surface area contributed by atoms with Crippen LogP contribution in [0.25, 0.3) is 0 Å². The molecule has 1 aromatic carbocycles. The summed E-state index contributed by atoms with van der Waals surface area (Å²) in [6.07, 6.45) is 2.82. The van der Waals surface area contributed by atoms with Crippen LogP contribution < -0.4 is 16.0 Å². The summed E-state index contributed by atoms with van der Waals surface area (Å²) in [5.74, 6) is -0.0947. The first kappa shape index (κ1) is 12.0. The molecule has 2 atom stereocenters. The van der Waals surface area contributed by atoms with Crippen molar-refractivity contribution in [1.29, 1.82) is 0 Å². The number of urea groups is 1. The van der Waals surface area contributed by atoms with Gasteiger partial charge in [0.15, 0.2) is 0 Å². The Balaban J connectivity index is 1.60. The largest absolute Gasteiger partial charge is 0.351 e. The molecule has 3 amide bonds. The van der Waals surface area contributed by atoms with Crippen molar-refractivity contribution in [2.45, 2.75) is 31.3 Å². The molecule has 0 saturated carbocycles. The topological polar surface area (TPSA) is 70.2 Å². The monoisotopic (exact) mass is 259 g/mol. The molecule has 5 nitrogen and oxygen atoms in total. The van der Waals surface area contributed by atoms with Gasteiger partial charge >= 0.3 is 6.03 Å². The van der Waals surface area contributed by atoms with Crippen LogP contribution in [-0.2, 0) is 17.6 Å². The van der Waals surface area contributed by atoms with Crippen molar-refractivity contribution in [3.63, 3.8) is 0 Å². The summed E-state index contributed by atoms with van der Waals surface area (Å²) in [6.45, 7) is 0.369. The molecule has 1 aromatic rings. The van der Waals surface area contributed by atoms with E-state index in [0.29, 0.717) is 6.54 Å². The Morgan fingerprint density at radius 3 is 2.79 bits per heavy atom. The number of rotatable bonds is 2. The highest BCUT2D eigenvalue weighted by molar-refractivity contribution is 5.90. The SMILES string of the molecule is O=C1NCC(C(=O)NC2CCc3ccccc3C2)N1. The van der Waals surface area contributed by atoms with Crippen molar-refractivity contribution in [1.82, 2.24) is 16.0 Å². The van der Waals surface area contributed by atoms with Crippen LogP contribution in [-0.4, -0.2) is 30.6 Å². The first-order valence-corrected chi connectivity index (χ1v) is 6.64. The molecule has 100 valence electrons. The number of hydrogen-bond donors (Lipinski definition) is 3. The van der Waals surface area contributed by atoms with Crippen LogP contribution >= 0.6 is 0 Å². The fraction of sp³-hybridized carbons (Fsp3) is 0.429. The normalized spacial score (nSPS) is 25.2. The minimum absolute atomic E-state index is 0.0947. The van der Waals surface area contributed by atoms with Gasteiger partial charge in [0.25, 0.3) is 0 Å². The van der Waals surface area contributed by atoms with E-state index in [1.807, 2.05) is 6.07 Å². The predicted octanol–water partition coefficient (Wildman–Crippen LogP) is 0.341. The number of carbonyl (C=O) groups excluding carboxylic acids is 2. The van der Waals surface area contributed by atoms with E-state index in [9.17, 15) is 9.59 Å². The van der Waals surface area contributed by atoms with Gasteiger partial charge in [-0.05, 0) is 30.4 Å². The van der Waals surface area contributed by atoms with Gasteiger partial charge in [-0.3, -0.25) is 4.79 Å². The third-order valence-electron chi connectivity index (χ3n) is 3.78. The van der Waals surface area contributed by atoms with E-state index in [4.69, 9.17) is 0 Å². The number of aryl methyl sites for hydroxylation is 1. The van der Waals surface area contributed by atoms with Gasteiger partial charge in [0.05, 0.1) is 0 Å². The first-order chi connectivity index (χ1) is 9.22. The predicted molar refractivity (Wildman–Crippen MR) is 70.7 cm³/mol. The molecule has 3 N–H and O–H groups in total. The Bertz CT molecular complexity index is 515. The zero-order valence-corrected chi connectivity index (χ0v) is 10.6. The standard InChI is InChI=1S/C14H17N3O2/c18-13(12-8-15-14(19)17-12)16-11-6-5-9-3-1-2-4-10(9)7-11/h1-4,11-12H,5-8H2,(H,16,18)(H2,15,17,19). The van der Waals surface area contributed by atoms with E-state index in [1.54, 1.807) is 0 Å². The minimum Gasteiger partial charge on any atom is -0.351 e. The lowest BCUT2D eigenvalue weighted by Crippen LogP contribution is -2.48. The van der Waals surface area contributed by atoms with Crippen molar-refractivity contribution >= 4 is 11.9 Å². The fourth-order valence-corrected chi connectivity index (χ4v) is 2.74. The Morgan fingerprint density at radius 2 is 2.05 bits per heavy atom. The summed E-state index contributed by atoms with van der Waals surface area (Å²) in [5.41, 5.74) is 2.69. The van der Waals surface area contributed by atoms with Crippen LogP contribution in [0.2, 0.25) is 0 Å². The third-order valence-corrected chi connectivity index (χ3v) is 3.78. The maximum Gasteiger partial charge on any atom is 0.315 e. The van der Waals surface area contributed by atoms with E-state index >= 15 is 0 Å². The van der Waals surface area contributed by atoms with Gasteiger partial charge in [-0.1, -0.05) is 24.3 Å². The highest BCUT2D eigenvalue weighted by atomic mass is 16.2. The van der Waals surface area contributed by atoms with Crippen molar-refractivity contribution < 1.29 is 9.59 Å². The van der Waals surface area contributed by atoms with Gasteiger partial charge in [0, 0.05) is 12.6 Å². The molecular weight excluding hydrogens is 242 g/mol. The minimum atomic E-state index is -0.440. The van der Waals surface area contributed by atoms with Crippen LogP contribution in [0.1, 0.15) is 17.5 Å². The van der Waals surface area contributed by atoms with Crippen LogP contribution in [0, 0.1) is 0 Å². The van der Waals surface area contributed by atoms with E-state index in [-0.39, 0.29) is 18.0 Å². The zero-order chi connectivity index (χ0) is 13.2. The second-order valence-corrected chi connectivity index (χ2v) is 5.12. The maximum absolute atomic E-state index is 12.0. The smallest absolute Gasteiger partial charge is 0.315 e. The average Bonchev–Trinajstić information content (AvgIpc) is 2.85. The summed E-state index contributed by atoms with van der Waals surface area (Å²) < 4.78 is 0. The number of hydrogen-bond acceptors (Lipinski definition) is 2. The second-order valence-electron chi connectivity index (χ2n) is 5.12. The molecule has 2 unspecified atom stereocenters. The molecule has 1 fully saturated rings. The first-order valence-electron chi connectivity index (χ1n) is 6.64. The molecule has 1 saturated heterocycles. The molecule has 0 bridgehead atoms. The molecule has 5 heteroatoms. The Morgan fingerprint density at radius 1 is 1.26 bits per heavy atom. The number of nitrogens with one attached hydrogen (secondary N) is 3. The van der Waals surface area contributed by atoms with Crippen molar-refractivity contribution in [2.75, 3.05) is 6.54 Å². The van der Waals surface area contributed by atoms with Gasteiger partial charge in [0.2, 0.25) is 5.91 Å². The van der Waals surface area contributed by atoms with Gasteiger partial charge in [-0.25, -0.2) is 4.79 Å². The van der Waals surface area contributed by atoms with E-state index in [1.165, 1.54) is 11.1 Å². The number of benzene rings is 1. The molecular formula is C14H17N3O2. The molecule has 2 aliphatic rings. The van der Waals surface area contributed by atoms with Crippen molar-refractivity contribution in [3.8, 4) is 0 Å². The lowest BCUT2D eigenvalue weighted by Gasteiger charge is -2.26. The molecule has 0 radical (unpaired) electrons. The number of fused-ring (bicyclic) bond motifs is 1. The summed E-state index contributed by atoms with van der Waals surface area (Å²) in [7, 11) is 0. The van der Waals surface area contributed by atoms with Gasteiger partial charge in [0.1, 0.15) is 6.04 Å². The molecule has 0 spiro atoms. The lowest BCUT2D eigenvalue weighted by atomic mass is 9.88. The van der Waals surface area contributed by atoms with Gasteiger partial charge in [-0.2, -0.15) is 0 Å². The summed E-state index contributed by atoms with van der Waals surface area (Å²) in [5, 5.41) is 8.22. The molecule has 1 aliphatic carbocycles. The third kappa shape index (κ3) is 2.54. The van der Waals surface area contributed by atoms with Crippen LogP contribution in [0.4, 0.5) is 4.79 Å². The fourth-order valence-electron chi connectivity index (χ4n) is 2.74. The number of amides is 3. The van der Waals surface area contributed by atoms with Crippen molar-refractivity contribution in [3.05, 3.63) is 35.4 Å². The van der Waals surface area contributed by atoms with E-state index in [2.05, 4.69) is 34.1 Å². The molecule has 19 heavy (non-hydrogen) atoms. The van der Waals surface area contributed by atoms with Crippen LogP contribution in [0.3, 0.4) is 0 Å². The second kappa shape index (κ2) is 4.91. The van der Waals surface area contributed by atoms with Crippen molar-refractivity contribution in [2.24, 2.45) is 0 Å². The quantitative estimate of drug-likeness (QED) is 0.717. The zero-order valence-electron chi connectivity index (χ0n) is 10.6.